The predicted molar refractivity (Wildman–Crippen MR) is 395 cm³/mol. The van der Waals surface area contributed by atoms with Crippen LogP contribution in [0.3, 0.4) is 0 Å². The molecule has 0 heterocycles. The highest BCUT2D eigenvalue weighted by atomic mass is 31.2. The first-order valence-electron chi connectivity index (χ1n) is 40.5. The van der Waals surface area contributed by atoms with Crippen LogP contribution >= 0.6 is 15.6 Å². The van der Waals surface area contributed by atoms with E-state index in [1.165, 1.54) is 218 Å². The van der Waals surface area contributed by atoms with Gasteiger partial charge >= 0.3 is 39.5 Å². The van der Waals surface area contributed by atoms with Gasteiger partial charge in [-0.2, -0.15) is 0 Å². The van der Waals surface area contributed by atoms with E-state index in [0.29, 0.717) is 25.7 Å². The van der Waals surface area contributed by atoms with Crippen molar-refractivity contribution in [3.8, 4) is 0 Å². The molecule has 0 radical (unpaired) electrons. The Bertz CT molecular complexity index is 1870. The number of aliphatic hydroxyl groups excluding tert-OH is 1. The number of carbonyl (C=O) groups is 4. The summed E-state index contributed by atoms with van der Waals surface area (Å²) in [5.41, 5.74) is 0. The second-order valence-electron chi connectivity index (χ2n) is 29.1. The quantitative estimate of drug-likeness (QED) is 0.0222. The second kappa shape index (κ2) is 69.8. The zero-order chi connectivity index (χ0) is 71.4. The number of carbonyl (C=O) groups excluding carboxylic acids is 4. The maximum atomic E-state index is 13.1. The fourth-order valence-corrected chi connectivity index (χ4v) is 13.6. The molecule has 0 rings (SSSR count). The van der Waals surface area contributed by atoms with Gasteiger partial charge in [0, 0.05) is 25.7 Å². The molecule has 576 valence electrons. The minimum absolute atomic E-state index is 0.105. The van der Waals surface area contributed by atoms with Crippen LogP contribution in [0.4, 0.5) is 0 Å². The lowest BCUT2D eigenvalue weighted by atomic mass is 10.0. The number of rotatable bonds is 77. The van der Waals surface area contributed by atoms with E-state index < -0.39 is 97.5 Å². The van der Waals surface area contributed by atoms with Crippen molar-refractivity contribution >= 4 is 39.5 Å². The lowest BCUT2D eigenvalue weighted by Gasteiger charge is -2.21. The van der Waals surface area contributed by atoms with E-state index in [0.717, 1.165) is 108 Å². The maximum absolute atomic E-state index is 13.1. The predicted octanol–water partition coefficient (Wildman–Crippen LogP) is 23.1. The maximum Gasteiger partial charge on any atom is 0.472 e. The molecule has 0 aromatic heterocycles. The topological polar surface area (TPSA) is 237 Å². The Morgan fingerprint density at radius 2 is 0.474 bits per heavy atom. The van der Waals surface area contributed by atoms with Gasteiger partial charge in [0.1, 0.15) is 19.3 Å². The van der Waals surface area contributed by atoms with Crippen LogP contribution in [-0.2, 0) is 65.4 Å². The summed E-state index contributed by atoms with van der Waals surface area (Å²) in [5.74, 6) is -0.584. The van der Waals surface area contributed by atoms with E-state index in [-0.39, 0.29) is 25.7 Å². The Hall–Kier alpha value is -1.94. The van der Waals surface area contributed by atoms with Crippen molar-refractivity contribution in [2.45, 2.75) is 426 Å². The molecule has 0 aromatic rings. The molecule has 0 bridgehead atoms. The molecule has 2 unspecified atom stereocenters. The van der Waals surface area contributed by atoms with Crippen molar-refractivity contribution in [3.05, 3.63) is 0 Å². The van der Waals surface area contributed by atoms with Crippen LogP contribution in [0.15, 0.2) is 0 Å². The molecule has 3 N–H and O–H groups in total. The van der Waals surface area contributed by atoms with Gasteiger partial charge in [-0.05, 0) is 37.5 Å². The van der Waals surface area contributed by atoms with Gasteiger partial charge in [0.15, 0.2) is 12.2 Å². The molecule has 0 amide bonds. The zero-order valence-electron chi connectivity index (χ0n) is 63.4. The third-order valence-corrected chi connectivity index (χ3v) is 20.1. The molecule has 0 saturated carbocycles. The number of aliphatic hydroxyl groups is 1. The molecule has 0 aromatic carbocycles. The summed E-state index contributed by atoms with van der Waals surface area (Å²) < 4.78 is 68.3. The lowest BCUT2D eigenvalue weighted by molar-refractivity contribution is -0.161. The molecule has 5 atom stereocenters. The third-order valence-electron chi connectivity index (χ3n) is 18.2. The van der Waals surface area contributed by atoms with Crippen LogP contribution in [0, 0.1) is 11.8 Å². The van der Waals surface area contributed by atoms with E-state index >= 15 is 0 Å². The Balaban J connectivity index is 5.11. The standard InChI is InChI=1S/C78H152O17P2/c1-7-9-11-13-14-15-16-17-18-19-20-21-22-23-24-27-31-34-39-44-50-56-62-77(82)95-74(67-89-76(81)61-55-49-43-38-33-30-28-25-26-29-32-36-41-47-52-58-70(3)4)69-93-97(86,87)91-65-72(79)64-90-96(84,85)92-68-73(66-88-75(80)60-54-46-12-10-8-2)94-78(83)63-57-51-45-40-35-37-42-48-53-59-71(5)6/h70-74,79H,7-69H2,1-6H3,(H,84,85)(H,86,87)/t72-,73+,74+/m0/s1. The molecular formula is C78H152O17P2. The van der Waals surface area contributed by atoms with Crippen LogP contribution in [0.25, 0.3) is 0 Å². The fourth-order valence-electron chi connectivity index (χ4n) is 12.0. The molecule has 0 saturated heterocycles. The molecule has 0 fully saturated rings. The summed E-state index contributed by atoms with van der Waals surface area (Å²) >= 11 is 0. The van der Waals surface area contributed by atoms with Gasteiger partial charge in [0.25, 0.3) is 0 Å². The fraction of sp³-hybridized carbons (Fsp3) is 0.949. The minimum atomic E-state index is -4.96. The Morgan fingerprint density at radius 1 is 0.278 bits per heavy atom. The molecule has 0 spiro atoms. The number of phosphoric ester groups is 2. The van der Waals surface area contributed by atoms with Crippen LogP contribution in [-0.4, -0.2) is 96.7 Å². The molecule has 0 aliphatic rings. The number of hydrogen-bond donors (Lipinski definition) is 3. The molecule has 19 heteroatoms. The van der Waals surface area contributed by atoms with Crippen molar-refractivity contribution < 1.29 is 80.2 Å². The second-order valence-corrected chi connectivity index (χ2v) is 32.0. The van der Waals surface area contributed by atoms with Crippen LogP contribution in [0.2, 0.25) is 0 Å². The van der Waals surface area contributed by atoms with E-state index in [2.05, 4.69) is 41.5 Å². The smallest absolute Gasteiger partial charge is 0.462 e. The summed E-state index contributed by atoms with van der Waals surface area (Å²) in [7, 11) is -9.90. The number of hydrogen-bond acceptors (Lipinski definition) is 15. The summed E-state index contributed by atoms with van der Waals surface area (Å²) in [6.45, 7) is 9.51. The lowest BCUT2D eigenvalue weighted by Crippen LogP contribution is -2.30. The highest BCUT2D eigenvalue weighted by Gasteiger charge is 2.30. The Kier molecular flexibility index (Phi) is 68.4. The number of esters is 4. The average molecular weight is 1420 g/mol. The average Bonchev–Trinajstić information content (AvgIpc) is 2.91. The zero-order valence-corrected chi connectivity index (χ0v) is 65.2. The van der Waals surface area contributed by atoms with Gasteiger partial charge in [-0.25, -0.2) is 9.13 Å². The monoisotopic (exact) mass is 1420 g/mol. The van der Waals surface area contributed by atoms with Crippen molar-refractivity contribution in [2.24, 2.45) is 11.8 Å². The van der Waals surface area contributed by atoms with E-state index in [9.17, 15) is 43.2 Å². The summed E-state index contributed by atoms with van der Waals surface area (Å²) in [5, 5.41) is 10.6. The minimum Gasteiger partial charge on any atom is -0.462 e. The van der Waals surface area contributed by atoms with Gasteiger partial charge in [-0.3, -0.25) is 37.3 Å². The van der Waals surface area contributed by atoms with Crippen LogP contribution in [0.1, 0.15) is 408 Å². The number of unbranched alkanes of at least 4 members (excludes halogenated alkanes) is 47. The van der Waals surface area contributed by atoms with Gasteiger partial charge < -0.3 is 33.8 Å². The van der Waals surface area contributed by atoms with Crippen molar-refractivity contribution in [3.63, 3.8) is 0 Å². The van der Waals surface area contributed by atoms with Gasteiger partial charge in [0.2, 0.25) is 0 Å². The third kappa shape index (κ3) is 72.2. The van der Waals surface area contributed by atoms with Gasteiger partial charge in [0.05, 0.1) is 26.4 Å². The van der Waals surface area contributed by atoms with Crippen molar-refractivity contribution in [1.29, 1.82) is 0 Å². The first-order chi connectivity index (χ1) is 46.9. The molecule has 0 aliphatic heterocycles. The Labute approximate surface area is 594 Å². The number of ether oxygens (including phenoxy) is 4. The van der Waals surface area contributed by atoms with E-state index in [4.69, 9.17) is 37.0 Å². The summed E-state index contributed by atoms with van der Waals surface area (Å²) in [6.07, 6.45) is 58.9. The number of phosphoric acid groups is 2. The summed E-state index contributed by atoms with van der Waals surface area (Å²) in [6, 6.07) is 0. The highest BCUT2D eigenvalue weighted by Crippen LogP contribution is 2.45. The van der Waals surface area contributed by atoms with E-state index in [1.54, 1.807) is 0 Å². The normalized spacial score (nSPS) is 14.0. The van der Waals surface area contributed by atoms with Crippen molar-refractivity contribution in [2.75, 3.05) is 39.6 Å². The molecule has 97 heavy (non-hydrogen) atoms. The largest absolute Gasteiger partial charge is 0.472 e. The SMILES string of the molecule is CCCCCCCCCCCCCCCCCCCCCCCCC(=O)O[C@H](COC(=O)CCCCCCCCCCCCCCCCCC(C)C)COP(=O)(O)OC[C@@H](O)COP(=O)(O)OC[C@@H](COC(=O)CCCCCCC)OC(=O)CCCCCCCCCCCC(C)C. The van der Waals surface area contributed by atoms with Gasteiger partial charge in [-0.15, -0.1) is 0 Å². The molecule has 17 nitrogen and oxygen atoms in total. The van der Waals surface area contributed by atoms with Crippen molar-refractivity contribution in [1.82, 2.24) is 0 Å². The Morgan fingerprint density at radius 3 is 0.701 bits per heavy atom. The van der Waals surface area contributed by atoms with Gasteiger partial charge in [-0.1, -0.05) is 356 Å². The molecular weight excluding hydrogens is 1270 g/mol. The first kappa shape index (κ1) is 95.1. The highest BCUT2D eigenvalue weighted by molar-refractivity contribution is 7.47. The van der Waals surface area contributed by atoms with Crippen LogP contribution in [0.5, 0.6) is 0 Å². The van der Waals surface area contributed by atoms with Crippen LogP contribution < -0.4 is 0 Å². The molecule has 0 aliphatic carbocycles. The summed E-state index contributed by atoms with van der Waals surface area (Å²) in [4.78, 5) is 72.6. The van der Waals surface area contributed by atoms with E-state index in [1.807, 2.05) is 0 Å². The first-order valence-corrected chi connectivity index (χ1v) is 43.5.